The average Bonchev–Trinajstić information content (AvgIpc) is 2.51. The minimum absolute atomic E-state index is 0.0783. The highest BCUT2D eigenvalue weighted by Crippen LogP contribution is 2.19. The first-order valence-electron chi connectivity index (χ1n) is 7.26. The van der Waals surface area contributed by atoms with Crippen molar-refractivity contribution in [3.63, 3.8) is 0 Å². The summed E-state index contributed by atoms with van der Waals surface area (Å²) < 4.78 is 15.0. The Labute approximate surface area is 137 Å². The molecule has 23 heavy (non-hydrogen) atoms. The zero-order valence-corrected chi connectivity index (χ0v) is 13.2. The molecule has 0 aliphatic heterocycles. The van der Waals surface area contributed by atoms with Gasteiger partial charge in [0.05, 0.1) is 11.3 Å². The van der Waals surface area contributed by atoms with Crippen molar-refractivity contribution < 1.29 is 9.18 Å². The summed E-state index contributed by atoms with van der Waals surface area (Å²) in [5.74, 6) is -1.12. The molecule has 0 bridgehead atoms. The second kappa shape index (κ2) is 6.12. The third kappa shape index (κ3) is 3.27. The van der Waals surface area contributed by atoms with E-state index in [0.717, 1.165) is 11.3 Å². The van der Waals surface area contributed by atoms with Crippen LogP contribution >= 0.6 is 11.6 Å². The monoisotopic (exact) mass is 335 g/mol. The summed E-state index contributed by atoms with van der Waals surface area (Å²) in [5, 5.41) is 7.33. The first kappa shape index (κ1) is 15.7. The highest BCUT2D eigenvalue weighted by Gasteiger charge is 2.23. The Morgan fingerprint density at radius 1 is 1.43 bits per heavy atom. The number of halogens is 2. The maximum atomic E-state index is 13.7. The quantitative estimate of drug-likeness (QED) is 0.911. The number of fused-ring (bicyclic) bond motifs is 1. The lowest BCUT2D eigenvalue weighted by Crippen LogP contribution is -2.40. The topological polar surface area (TPSA) is 64.0 Å². The van der Waals surface area contributed by atoms with Gasteiger partial charge in [-0.25, -0.2) is 9.07 Å². The van der Waals surface area contributed by atoms with Crippen LogP contribution in [0.4, 0.5) is 4.39 Å². The van der Waals surface area contributed by atoms with E-state index in [-0.39, 0.29) is 17.2 Å². The van der Waals surface area contributed by atoms with Crippen molar-refractivity contribution in [1.82, 2.24) is 15.1 Å². The molecular formula is C16H15ClFN3O2. The van der Waals surface area contributed by atoms with Crippen molar-refractivity contribution >= 4 is 17.5 Å². The van der Waals surface area contributed by atoms with E-state index in [1.165, 1.54) is 22.9 Å². The van der Waals surface area contributed by atoms with Crippen LogP contribution in [-0.4, -0.2) is 21.7 Å². The number of rotatable bonds is 2. The average molecular weight is 336 g/mol. The summed E-state index contributed by atoms with van der Waals surface area (Å²) in [7, 11) is 1.61. The molecule has 1 aliphatic carbocycles. The van der Waals surface area contributed by atoms with Crippen molar-refractivity contribution in [2.45, 2.75) is 25.3 Å². The predicted octanol–water partition coefficient (Wildman–Crippen LogP) is 1.86. The first-order valence-corrected chi connectivity index (χ1v) is 7.64. The molecule has 2 aromatic rings. The Balaban J connectivity index is 1.77. The lowest BCUT2D eigenvalue weighted by atomic mass is 9.92. The first-order chi connectivity index (χ1) is 10.9. The normalized spacial score (nSPS) is 16.7. The number of hydrogen-bond acceptors (Lipinski definition) is 3. The number of hydrogen-bond donors (Lipinski definition) is 1. The number of aromatic nitrogens is 2. The summed E-state index contributed by atoms with van der Waals surface area (Å²) in [4.78, 5) is 23.9. The highest BCUT2D eigenvalue weighted by molar-refractivity contribution is 6.31. The molecule has 1 atom stereocenters. The van der Waals surface area contributed by atoms with Gasteiger partial charge in [0, 0.05) is 24.2 Å². The smallest absolute Gasteiger partial charge is 0.266 e. The number of benzene rings is 1. The van der Waals surface area contributed by atoms with Gasteiger partial charge in [0.1, 0.15) is 5.82 Å². The molecule has 120 valence electrons. The Bertz CT molecular complexity index is 835. The zero-order valence-electron chi connectivity index (χ0n) is 12.5. The number of carbonyl (C=O) groups is 1. The largest absolute Gasteiger partial charge is 0.349 e. The molecule has 1 N–H and O–H groups in total. The lowest BCUT2D eigenvalue weighted by molar-refractivity contribution is 0.0929. The molecule has 1 aliphatic rings. The van der Waals surface area contributed by atoms with Crippen LogP contribution < -0.4 is 10.9 Å². The minimum Gasteiger partial charge on any atom is -0.349 e. The Hall–Kier alpha value is -2.21. The summed E-state index contributed by atoms with van der Waals surface area (Å²) >= 11 is 5.81. The maximum absolute atomic E-state index is 13.7. The fourth-order valence-electron chi connectivity index (χ4n) is 2.74. The van der Waals surface area contributed by atoms with Crippen LogP contribution in [0.2, 0.25) is 5.02 Å². The van der Waals surface area contributed by atoms with Gasteiger partial charge < -0.3 is 5.32 Å². The predicted molar refractivity (Wildman–Crippen MR) is 84.2 cm³/mol. The van der Waals surface area contributed by atoms with Crippen LogP contribution in [0.15, 0.2) is 29.1 Å². The Kier molecular flexibility index (Phi) is 4.17. The number of carbonyl (C=O) groups excluding carboxylic acids is 1. The van der Waals surface area contributed by atoms with Gasteiger partial charge in [-0.05, 0) is 43.0 Å². The van der Waals surface area contributed by atoms with E-state index in [1.54, 1.807) is 13.1 Å². The standard InChI is InChI=1S/C16H15ClFN3O2/c1-21-15(22)7-9-6-11(3-5-14(9)20-21)19-16(23)12-8-10(17)2-4-13(12)18/h2,4,7-8,11H,3,5-6H2,1H3,(H,19,23)/t11-/m1/s1. The summed E-state index contributed by atoms with van der Waals surface area (Å²) in [6.45, 7) is 0. The fourth-order valence-corrected chi connectivity index (χ4v) is 2.92. The van der Waals surface area contributed by atoms with Crippen LogP contribution in [0.3, 0.4) is 0 Å². The molecule has 0 spiro atoms. The molecule has 1 aromatic heterocycles. The van der Waals surface area contributed by atoms with Gasteiger partial charge in [0.25, 0.3) is 11.5 Å². The lowest BCUT2D eigenvalue weighted by Gasteiger charge is -2.25. The molecule has 1 heterocycles. The summed E-state index contributed by atoms with van der Waals surface area (Å²) in [6, 6.07) is 5.25. The molecule has 0 fully saturated rings. The highest BCUT2D eigenvalue weighted by atomic mass is 35.5. The molecule has 0 saturated heterocycles. The van der Waals surface area contributed by atoms with E-state index in [2.05, 4.69) is 10.4 Å². The second-order valence-electron chi connectivity index (χ2n) is 5.62. The molecular weight excluding hydrogens is 321 g/mol. The Morgan fingerprint density at radius 2 is 2.22 bits per heavy atom. The molecule has 3 rings (SSSR count). The van der Waals surface area contributed by atoms with Gasteiger partial charge in [0.2, 0.25) is 0 Å². The van der Waals surface area contributed by atoms with Crippen LogP contribution in [0.5, 0.6) is 0 Å². The van der Waals surface area contributed by atoms with E-state index < -0.39 is 11.7 Å². The summed E-state index contributed by atoms with van der Waals surface area (Å²) in [6.07, 6.45) is 1.85. The van der Waals surface area contributed by atoms with E-state index in [0.29, 0.717) is 24.3 Å². The maximum Gasteiger partial charge on any atom is 0.266 e. The molecule has 0 saturated carbocycles. The van der Waals surface area contributed by atoms with E-state index in [1.807, 2.05) is 0 Å². The van der Waals surface area contributed by atoms with Gasteiger partial charge in [-0.15, -0.1) is 0 Å². The third-order valence-electron chi connectivity index (χ3n) is 3.96. The zero-order chi connectivity index (χ0) is 16.6. The van der Waals surface area contributed by atoms with E-state index in [9.17, 15) is 14.0 Å². The van der Waals surface area contributed by atoms with E-state index in [4.69, 9.17) is 11.6 Å². The van der Waals surface area contributed by atoms with Crippen molar-refractivity contribution in [3.8, 4) is 0 Å². The van der Waals surface area contributed by atoms with Crippen LogP contribution in [0.25, 0.3) is 0 Å². The minimum atomic E-state index is -0.612. The molecule has 5 nitrogen and oxygen atoms in total. The van der Waals surface area contributed by atoms with Crippen LogP contribution in [0, 0.1) is 5.82 Å². The van der Waals surface area contributed by atoms with Gasteiger partial charge >= 0.3 is 0 Å². The molecule has 0 unspecified atom stereocenters. The molecule has 7 heteroatoms. The molecule has 1 aromatic carbocycles. The summed E-state index contributed by atoms with van der Waals surface area (Å²) in [5.41, 5.74) is 1.43. The molecule has 0 radical (unpaired) electrons. The number of nitrogens with zero attached hydrogens (tertiary/aromatic N) is 2. The third-order valence-corrected chi connectivity index (χ3v) is 4.20. The van der Waals surface area contributed by atoms with Crippen LogP contribution in [0.1, 0.15) is 28.0 Å². The van der Waals surface area contributed by atoms with Gasteiger partial charge in [-0.2, -0.15) is 5.10 Å². The van der Waals surface area contributed by atoms with Gasteiger partial charge in [-0.3, -0.25) is 9.59 Å². The van der Waals surface area contributed by atoms with Gasteiger partial charge in [-0.1, -0.05) is 11.6 Å². The SMILES string of the molecule is Cn1nc2c(cc1=O)C[C@H](NC(=O)c1cc(Cl)ccc1F)CC2. The van der Waals surface area contributed by atoms with E-state index >= 15 is 0 Å². The van der Waals surface area contributed by atoms with Crippen molar-refractivity contribution in [2.75, 3.05) is 0 Å². The number of aryl methyl sites for hydroxylation is 2. The number of amides is 1. The second-order valence-corrected chi connectivity index (χ2v) is 6.05. The molecule has 1 amide bonds. The van der Waals surface area contributed by atoms with Crippen LogP contribution in [-0.2, 0) is 19.9 Å². The fraction of sp³-hybridized carbons (Fsp3) is 0.312. The van der Waals surface area contributed by atoms with Crippen molar-refractivity contribution in [3.05, 3.63) is 62.3 Å². The van der Waals surface area contributed by atoms with Gasteiger partial charge in [0.15, 0.2) is 0 Å². The Morgan fingerprint density at radius 3 is 3.00 bits per heavy atom. The van der Waals surface area contributed by atoms with Crippen molar-refractivity contribution in [2.24, 2.45) is 7.05 Å². The number of nitrogens with one attached hydrogen (secondary N) is 1. The van der Waals surface area contributed by atoms with Crippen molar-refractivity contribution in [1.29, 1.82) is 0 Å².